The van der Waals surface area contributed by atoms with Crippen molar-refractivity contribution in [3.8, 4) is 5.75 Å². The Morgan fingerprint density at radius 3 is 2.70 bits per heavy atom. The Bertz CT molecular complexity index is 643. The van der Waals surface area contributed by atoms with Crippen molar-refractivity contribution in [1.82, 2.24) is 5.48 Å². The maximum absolute atomic E-state index is 11.5. The van der Waals surface area contributed by atoms with Gasteiger partial charge in [0.1, 0.15) is 5.60 Å². The first-order valence-corrected chi connectivity index (χ1v) is 6.66. The Hall–Kier alpha value is -3.09. The van der Waals surface area contributed by atoms with E-state index in [1.165, 1.54) is 0 Å². The van der Waals surface area contributed by atoms with Gasteiger partial charge in [0, 0.05) is 16.4 Å². The van der Waals surface area contributed by atoms with E-state index in [4.69, 9.17) is 20.6 Å². The number of carbonyl (C=O) groups is 1. The number of carbonyl (C=O) groups excluding carboxylic acids is 1. The molecule has 0 bridgehead atoms. The van der Waals surface area contributed by atoms with Crippen LogP contribution in [0.5, 0.6) is 5.75 Å². The zero-order valence-corrected chi connectivity index (χ0v) is 13.0. The van der Waals surface area contributed by atoms with E-state index >= 15 is 0 Å². The monoisotopic (exact) mass is 319 g/mol. The van der Waals surface area contributed by atoms with E-state index in [9.17, 15) is 4.79 Å². The number of benzene rings is 1. The Morgan fingerprint density at radius 1 is 1.35 bits per heavy atom. The number of azide groups is 2. The normalized spacial score (nSPS) is 11.4. The molecule has 0 spiro atoms. The van der Waals surface area contributed by atoms with Crippen LogP contribution in [0.2, 0.25) is 0 Å². The van der Waals surface area contributed by atoms with Crippen molar-refractivity contribution in [1.29, 1.82) is 0 Å². The summed E-state index contributed by atoms with van der Waals surface area (Å²) in [6.07, 6.45) is -0.733. The van der Waals surface area contributed by atoms with E-state index in [1.54, 1.807) is 45.0 Å². The summed E-state index contributed by atoms with van der Waals surface area (Å²) in [4.78, 5) is 22.0. The van der Waals surface area contributed by atoms with Gasteiger partial charge in [0.25, 0.3) is 0 Å². The third-order valence-corrected chi connectivity index (χ3v) is 2.40. The van der Waals surface area contributed by atoms with Crippen LogP contribution in [0.15, 0.2) is 34.5 Å². The van der Waals surface area contributed by atoms with Crippen LogP contribution in [0.4, 0.5) is 4.79 Å². The molecule has 1 amide bonds. The molecule has 10 nitrogen and oxygen atoms in total. The number of amides is 1. The first-order chi connectivity index (χ1) is 10.9. The Labute approximate surface area is 132 Å². The molecule has 10 heteroatoms. The highest BCUT2D eigenvalue weighted by molar-refractivity contribution is 5.66. The van der Waals surface area contributed by atoms with Crippen molar-refractivity contribution in [2.75, 3.05) is 6.54 Å². The van der Waals surface area contributed by atoms with E-state index < -0.39 is 17.7 Å². The van der Waals surface area contributed by atoms with E-state index in [2.05, 4.69) is 25.5 Å². The minimum Gasteiger partial charge on any atom is -0.442 e. The van der Waals surface area contributed by atoms with Gasteiger partial charge in [-0.05, 0) is 49.5 Å². The van der Waals surface area contributed by atoms with Gasteiger partial charge < -0.3 is 9.57 Å². The second-order valence-corrected chi connectivity index (χ2v) is 5.41. The first kappa shape index (κ1) is 18.0. The average Bonchev–Trinajstić information content (AvgIpc) is 2.48. The molecule has 1 rings (SSSR count). The van der Waals surface area contributed by atoms with Crippen LogP contribution in [0.3, 0.4) is 0 Å². The highest BCUT2D eigenvalue weighted by Crippen LogP contribution is 2.22. The van der Waals surface area contributed by atoms with Gasteiger partial charge in [0.05, 0.1) is 6.04 Å². The summed E-state index contributed by atoms with van der Waals surface area (Å²) in [6, 6.07) is 5.83. The Morgan fingerprint density at radius 2 is 2.09 bits per heavy atom. The summed E-state index contributed by atoms with van der Waals surface area (Å²) in [7, 11) is 0. The van der Waals surface area contributed by atoms with Crippen molar-refractivity contribution in [2.24, 2.45) is 10.2 Å². The molecule has 23 heavy (non-hydrogen) atoms. The molecule has 0 aliphatic heterocycles. The summed E-state index contributed by atoms with van der Waals surface area (Å²) < 4.78 is 5.03. The molecule has 1 aromatic carbocycles. The zero-order valence-electron chi connectivity index (χ0n) is 13.0. The zero-order chi connectivity index (χ0) is 17.3. The maximum atomic E-state index is 11.5. The molecule has 0 radical (unpaired) electrons. The Balaban J connectivity index is 2.77. The van der Waals surface area contributed by atoms with E-state index in [-0.39, 0.29) is 6.54 Å². The van der Waals surface area contributed by atoms with Crippen molar-refractivity contribution in [3.63, 3.8) is 0 Å². The fourth-order valence-corrected chi connectivity index (χ4v) is 1.57. The largest absolute Gasteiger partial charge is 0.442 e. The van der Waals surface area contributed by atoms with Gasteiger partial charge in [-0.1, -0.05) is 22.4 Å². The number of nitrogens with one attached hydrogen (secondary N) is 1. The third kappa shape index (κ3) is 6.94. The lowest BCUT2D eigenvalue weighted by Gasteiger charge is -2.19. The fraction of sp³-hybridized carbons (Fsp3) is 0.462. The Kier molecular flexibility index (Phi) is 6.54. The lowest BCUT2D eigenvalue weighted by atomic mass is 10.1. The second-order valence-electron chi connectivity index (χ2n) is 5.41. The van der Waals surface area contributed by atoms with E-state index in [0.717, 1.165) is 0 Å². The second kappa shape index (κ2) is 8.38. The minimum absolute atomic E-state index is 0.0243. The van der Waals surface area contributed by atoms with Gasteiger partial charge >= 0.3 is 6.09 Å². The van der Waals surface area contributed by atoms with Gasteiger partial charge in [-0.15, -0.1) is 0 Å². The number of hydroxylamine groups is 1. The number of ether oxygens (including phenoxy) is 1. The standard InChI is InChI=1S/C13H17N7O3/c1-13(2,3)22-12(21)18-23-10-6-4-5-9(7-10)11(17-20-15)8-16-19-14/h4-7,11H,8H2,1-3H3,(H,18,21). The molecule has 1 N–H and O–H groups in total. The number of hydrogen-bond acceptors (Lipinski definition) is 5. The van der Waals surface area contributed by atoms with E-state index in [0.29, 0.717) is 11.3 Å². The quantitative estimate of drug-likeness (QED) is 0.363. The SMILES string of the molecule is CC(C)(C)OC(=O)NOc1cccc(C(CN=[N+]=[N-])N=[N+]=[N-])c1. The van der Waals surface area contributed by atoms with Gasteiger partial charge in [-0.3, -0.25) is 0 Å². The molecule has 1 atom stereocenters. The van der Waals surface area contributed by atoms with Crippen molar-refractivity contribution in [2.45, 2.75) is 32.4 Å². The predicted octanol–water partition coefficient (Wildman–Crippen LogP) is 4.17. The summed E-state index contributed by atoms with van der Waals surface area (Å²) in [6.45, 7) is 5.16. The smallest absolute Gasteiger partial charge is 0.441 e. The van der Waals surface area contributed by atoms with Crippen LogP contribution >= 0.6 is 0 Å². The molecule has 0 aromatic heterocycles. The molecule has 0 saturated heterocycles. The van der Waals surface area contributed by atoms with Crippen molar-refractivity contribution in [3.05, 3.63) is 50.7 Å². The van der Waals surface area contributed by atoms with Gasteiger partial charge in [0.15, 0.2) is 5.75 Å². The minimum atomic E-state index is -0.733. The highest BCUT2D eigenvalue weighted by atomic mass is 16.7. The molecule has 1 unspecified atom stereocenters. The summed E-state index contributed by atoms with van der Waals surface area (Å²) in [5, 5.41) is 6.96. The molecule has 0 heterocycles. The summed E-state index contributed by atoms with van der Waals surface area (Å²) in [5.74, 6) is 0.312. The predicted molar refractivity (Wildman–Crippen MR) is 82.3 cm³/mol. The molecule has 0 saturated carbocycles. The first-order valence-electron chi connectivity index (χ1n) is 6.66. The van der Waals surface area contributed by atoms with Crippen molar-refractivity contribution < 1.29 is 14.4 Å². The number of rotatable bonds is 6. The topological polar surface area (TPSA) is 145 Å². The van der Waals surface area contributed by atoms with Gasteiger partial charge in [-0.2, -0.15) is 5.48 Å². The van der Waals surface area contributed by atoms with Crippen LogP contribution in [0.1, 0.15) is 32.4 Å². The molecule has 122 valence electrons. The molecule has 0 aliphatic carbocycles. The van der Waals surface area contributed by atoms with E-state index in [1.807, 2.05) is 0 Å². The molecular weight excluding hydrogens is 302 g/mol. The van der Waals surface area contributed by atoms with Crippen LogP contribution in [-0.4, -0.2) is 18.2 Å². The van der Waals surface area contributed by atoms with Crippen LogP contribution in [-0.2, 0) is 4.74 Å². The highest BCUT2D eigenvalue weighted by Gasteiger charge is 2.16. The third-order valence-electron chi connectivity index (χ3n) is 2.40. The summed E-state index contributed by atoms with van der Waals surface area (Å²) in [5.41, 5.74) is 19.0. The number of nitrogens with zero attached hydrogens (tertiary/aromatic N) is 6. The van der Waals surface area contributed by atoms with Crippen molar-refractivity contribution >= 4 is 6.09 Å². The van der Waals surface area contributed by atoms with Crippen LogP contribution in [0, 0.1) is 0 Å². The molecule has 1 aromatic rings. The molecule has 0 aliphatic rings. The summed E-state index contributed by atoms with van der Waals surface area (Å²) >= 11 is 0. The molecular formula is C13H17N7O3. The lowest BCUT2D eigenvalue weighted by Crippen LogP contribution is -2.34. The lowest BCUT2D eigenvalue weighted by molar-refractivity contribution is 0.0287. The number of hydrogen-bond donors (Lipinski definition) is 1. The average molecular weight is 319 g/mol. The van der Waals surface area contributed by atoms with Gasteiger partial charge in [-0.25, -0.2) is 4.79 Å². The van der Waals surface area contributed by atoms with Gasteiger partial charge in [0.2, 0.25) is 0 Å². The maximum Gasteiger partial charge on any atom is 0.441 e. The fourth-order valence-electron chi connectivity index (χ4n) is 1.57. The molecule has 0 fully saturated rings. The van der Waals surface area contributed by atoms with Crippen LogP contribution < -0.4 is 10.3 Å². The van der Waals surface area contributed by atoms with Crippen LogP contribution in [0.25, 0.3) is 20.9 Å².